The number of carbonyl (C=O) groups is 2. The first-order valence-corrected chi connectivity index (χ1v) is 8.30. The van der Waals surface area contributed by atoms with E-state index in [1.165, 1.54) is 0 Å². The van der Waals surface area contributed by atoms with E-state index in [0.29, 0.717) is 11.1 Å². The van der Waals surface area contributed by atoms with Gasteiger partial charge in [-0.2, -0.15) is 0 Å². The van der Waals surface area contributed by atoms with E-state index in [2.05, 4.69) is 4.57 Å². The molecule has 0 atom stereocenters. The maximum Gasteiger partial charge on any atom is 0.337 e. The zero-order valence-electron chi connectivity index (χ0n) is 14.7. The van der Waals surface area contributed by atoms with E-state index < -0.39 is 5.97 Å². The third-order valence-corrected chi connectivity index (χ3v) is 4.42. The van der Waals surface area contributed by atoms with Crippen molar-refractivity contribution in [3.63, 3.8) is 0 Å². The van der Waals surface area contributed by atoms with Gasteiger partial charge in [-0.15, -0.1) is 0 Å². The Bertz CT molecular complexity index is 861. The Morgan fingerprint density at radius 3 is 2.72 bits per heavy atom. The molecule has 0 saturated heterocycles. The van der Waals surface area contributed by atoms with Crippen molar-refractivity contribution in [1.82, 2.24) is 4.57 Å². The number of fused-ring (bicyclic) bond motifs is 1. The van der Waals surface area contributed by atoms with Crippen molar-refractivity contribution in [3.8, 4) is 5.75 Å². The molecule has 0 radical (unpaired) electrons. The van der Waals surface area contributed by atoms with E-state index in [0.717, 1.165) is 29.2 Å². The van der Waals surface area contributed by atoms with Gasteiger partial charge in [-0.05, 0) is 39.0 Å². The first-order valence-electron chi connectivity index (χ1n) is 8.30. The number of carbonyl (C=O) groups excluding carboxylic acids is 2. The number of aryl methyl sites for hydroxylation is 1. The Morgan fingerprint density at radius 2 is 2.00 bits per heavy atom. The lowest BCUT2D eigenvalue weighted by Crippen LogP contribution is -2.20. The van der Waals surface area contributed by atoms with Gasteiger partial charge in [-0.25, -0.2) is 4.79 Å². The van der Waals surface area contributed by atoms with Crippen LogP contribution >= 0.6 is 0 Å². The molecular weight excluding hydrogens is 318 g/mol. The normalized spacial score (nSPS) is 12.8. The van der Waals surface area contributed by atoms with Crippen LogP contribution in [0.4, 0.5) is 0 Å². The molecule has 0 bridgehead atoms. The molecule has 25 heavy (non-hydrogen) atoms. The zero-order chi connectivity index (χ0) is 18.0. The predicted molar refractivity (Wildman–Crippen MR) is 94.8 cm³/mol. The molecule has 1 aromatic heterocycles. The Hall–Kier alpha value is -2.82. The summed E-state index contributed by atoms with van der Waals surface area (Å²) in [7, 11) is 0. The van der Waals surface area contributed by atoms with Gasteiger partial charge in [0.2, 0.25) is 5.78 Å². The highest BCUT2D eigenvalue weighted by molar-refractivity contribution is 6.01. The van der Waals surface area contributed by atoms with E-state index in [9.17, 15) is 9.59 Å². The van der Waals surface area contributed by atoms with Crippen LogP contribution in [0.3, 0.4) is 0 Å². The Labute approximate surface area is 146 Å². The lowest BCUT2D eigenvalue weighted by molar-refractivity contribution is -0.138. The Morgan fingerprint density at radius 1 is 1.24 bits per heavy atom. The standard InChI is InChI=1S/C20H21NO4/c1-4-21-13(2)9-17(14(21)3)18(22)12-25-20(23)16-10-15-7-5-6-8-19(15)24-11-16/h5-10H,4,11-12H2,1-3H3. The Balaban J connectivity index is 1.67. The van der Waals surface area contributed by atoms with Gasteiger partial charge in [0.1, 0.15) is 12.4 Å². The van der Waals surface area contributed by atoms with Crippen LogP contribution in [0.1, 0.15) is 34.2 Å². The number of nitrogens with zero attached hydrogens (tertiary/aromatic N) is 1. The monoisotopic (exact) mass is 339 g/mol. The number of hydrogen-bond acceptors (Lipinski definition) is 4. The lowest BCUT2D eigenvalue weighted by Gasteiger charge is -2.16. The summed E-state index contributed by atoms with van der Waals surface area (Å²) in [4.78, 5) is 24.6. The van der Waals surface area contributed by atoms with Crippen LogP contribution in [-0.2, 0) is 16.1 Å². The van der Waals surface area contributed by atoms with Crippen molar-refractivity contribution in [2.75, 3.05) is 13.2 Å². The first kappa shape index (κ1) is 17.0. The highest BCUT2D eigenvalue weighted by atomic mass is 16.5. The molecule has 2 aromatic rings. The summed E-state index contributed by atoms with van der Waals surface area (Å²) < 4.78 is 12.8. The fraction of sp³-hybridized carbons (Fsp3) is 0.300. The van der Waals surface area contributed by atoms with E-state index in [1.54, 1.807) is 6.08 Å². The third-order valence-electron chi connectivity index (χ3n) is 4.42. The van der Waals surface area contributed by atoms with Crippen LogP contribution in [0, 0.1) is 13.8 Å². The second kappa shape index (κ2) is 6.97. The van der Waals surface area contributed by atoms with E-state index >= 15 is 0 Å². The molecule has 0 fully saturated rings. The van der Waals surface area contributed by atoms with Crippen LogP contribution in [0.5, 0.6) is 5.75 Å². The first-order chi connectivity index (χ1) is 12.0. The molecular formula is C20H21NO4. The molecule has 0 unspecified atom stereocenters. The van der Waals surface area contributed by atoms with Gasteiger partial charge in [0, 0.05) is 29.1 Å². The summed E-state index contributed by atoms with van der Waals surface area (Å²) in [5, 5.41) is 0. The number of esters is 1. The number of para-hydroxylation sites is 1. The van der Waals surface area contributed by atoms with Gasteiger partial charge < -0.3 is 14.0 Å². The SMILES string of the molecule is CCn1c(C)cc(C(=O)COC(=O)C2=Cc3ccccc3OC2)c1C. The smallest absolute Gasteiger partial charge is 0.337 e. The molecule has 0 N–H and O–H groups in total. The molecule has 1 aromatic carbocycles. The van der Waals surface area contributed by atoms with Gasteiger partial charge in [-0.3, -0.25) is 4.79 Å². The van der Waals surface area contributed by atoms with Crippen LogP contribution in [0.2, 0.25) is 0 Å². The largest absolute Gasteiger partial charge is 0.488 e. The zero-order valence-corrected chi connectivity index (χ0v) is 14.7. The van der Waals surface area contributed by atoms with Crippen LogP contribution < -0.4 is 4.74 Å². The lowest BCUT2D eigenvalue weighted by atomic mass is 10.1. The molecule has 130 valence electrons. The van der Waals surface area contributed by atoms with Crippen LogP contribution in [0.25, 0.3) is 6.08 Å². The molecule has 3 rings (SSSR count). The second-order valence-corrected chi connectivity index (χ2v) is 6.02. The highest BCUT2D eigenvalue weighted by Gasteiger charge is 2.21. The molecule has 0 aliphatic carbocycles. The highest BCUT2D eigenvalue weighted by Crippen LogP contribution is 2.26. The van der Waals surface area contributed by atoms with E-state index in [-0.39, 0.29) is 19.0 Å². The molecule has 0 spiro atoms. The fourth-order valence-electron chi connectivity index (χ4n) is 3.11. The molecule has 1 aliphatic heterocycles. The molecule has 2 heterocycles. The number of aromatic nitrogens is 1. The van der Waals surface area contributed by atoms with Crippen molar-refractivity contribution >= 4 is 17.8 Å². The van der Waals surface area contributed by atoms with Crippen molar-refractivity contribution in [2.24, 2.45) is 0 Å². The summed E-state index contributed by atoms with van der Waals surface area (Å²) in [6.07, 6.45) is 1.74. The average Bonchev–Trinajstić information content (AvgIpc) is 2.92. The fourth-order valence-corrected chi connectivity index (χ4v) is 3.11. The predicted octanol–water partition coefficient (Wildman–Crippen LogP) is 3.33. The number of ketones is 1. The van der Waals surface area contributed by atoms with Gasteiger partial charge in [0.05, 0.1) is 5.57 Å². The van der Waals surface area contributed by atoms with Gasteiger partial charge in [0.15, 0.2) is 6.61 Å². The van der Waals surface area contributed by atoms with Crippen LogP contribution in [0.15, 0.2) is 35.9 Å². The number of ether oxygens (including phenoxy) is 2. The molecule has 1 aliphatic rings. The average molecular weight is 339 g/mol. The van der Waals surface area contributed by atoms with Crippen molar-refractivity contribution in [3.05, 3.63) is 58.4 Å². The summed E-state index contributed by atoms with van der Waals surface area (Å²) >= 11 is 0. The molecule has 5 heteroatoms. The Kier molecular flexibility index (Phi) is 4.74. The number of Topliss-reactive ketones (excluding diaryl/α,β-unsaturated/α-hetero) is 1. The second-order valence-electron chi connectivity index (χ2n) is 6.02. The third kappa shape index (κ3) is 3.36. The van der Waals surface area contributed by atoms with Crippen molar-refractivity contribution < 1.29 is 19.1 Å². The molecule has 5 nitrogen and oxygen atoms in total. The molecule has 0 amide bonds. The van der Waals surface area contributed by atoms with Crippen LogP contribution in [-0.4, -0.2) is 29.5 Å². The van der Waals surface area contributed by atoms with Gasteiger partial charge in [-0.1, -0.05) is 18.2 Å². The summed E-state index contributed by atoms with van der Waals surface area (Å²) in [5.74, 6) is 0.0214. The summed E-state index contributed by atoms with van der Waals surface area (Å²) in [6, 6.07) is 9.31. The minimum absolute atomic E-state index is 0.147. The summed E-state index contributed by atoms with van der Waals surface area (Å²) in [6.45, 7) is 6.57. The van der Waals surface area contributed by atoms with Crippen molar-refractivity contribution in [1.29, 1.82) is 0 Å². The van der Waals surface area contributed by atoms with Gasteiger partial charge >= 0.3 is 5.97 Å². The summed E-state index contributed by atoms with van der Waals surface area (Å²) in [5.41, 5.74) is 3.76. The topological polar surface area (TPSA) is 57.5 Å². The minimum atomic E-state index is -0.521. The van der Waals surface area contributed by atoms with Crippen molar-refractivity contribution in [2.45, 2.75) is 27.3 Å². The molecule has 0 saturated carbocycles. The van der Waals surface area contributed by atoms with E-state index in [1.807, 2.05) is 51.1 Å². The minimum Gasteiger partial charge on any atom is -0.488 e. The van der Waals surface area contributed by atoms with E-state index in [4.69, 9.17) is 9.47 Å². The van der Waals surface area contributed by atoms with Gasteiger partial charge in [0.25, 0.3) is 0 Å². The maximum absolute atomic E-state index is 12.4. The quantitative estimate of drug-likeness (QED) is 0.619. The maximum atomic E-state index is 12.4. The number of rotatable bonds is 5. The number of benzene rings is 1. The number of hydrogen-bond donors (Lipinski definition) is 0.